The fourth-order valence-electron chi connectivity index (χ4n) is 2.57. The summed E-state index contributed by atoms with van der Waals surface area (Å²) in [5.41, 5.74) is 1.77. The van der Waals surface area contributed by atoms with E-state index in [2.05, 4.69) is 22.2 Å². The highest BCUT2D eigenvalue weighted by atomic mass is 16.1. The summed E-state index contributed by atoms with van der Waals surface area (Å²) in [5.74, 6) is 0. The first-order valence-electron chi connectivity index (χ1n) is 6.28. The molecule has 4 nitrogen and oxygen atoms in total. The van der Waals surface area contributed by atoms with Gasteiger partial charge in [0.2, 0.25) is 0 Å². The molecule has 1 fully saturated rings. The van der Waals surface area contributed by atoms with Crippen molar-refractivity contribution in [3.05, 3.63) is 46.2 Å². The third-order valence-electron chi connectivity index (χ3n) is 3.65. The lowest BCUT2D eigenvalue weighted by molar-refractivity contribution is 0.201. The summed E-state index contributed by atoms with van der Waals surface area (Å²) in [6.45, 7) is 2.79. The van der Waals surface area contributed by atoms with Crippen molar-refractivity contribution in [2.24, 2.45) is 0 Å². The van der Waals surface area contributed by atoms with E-state index in [4.69, 9.17) is 0 Å². The summed E-state index contributed by atoms with van der Waals surface area (Å²) in [6.07, 6.45) is 0. The van der Waals surface area contributed by atoms with Gasteiger partial charge in [0, 0.05) is 30.7 Å². The maximum absolute atomic E-state index is 12.2. The molecule has 2 aromatic rings. The fourth-order valence-corrected chi connectivity index (χ4v) is 2.57. The largest absolute Gasteiger partial charge is 0.322 e. The molecule has 0 saturated carbocycles. The lowest BCUT2D eigenvalue weighted by Gasteiger charge is -2.32. The number of aromatic nitrogens is 1. The minimum absolute atomic E-state index is 0.0225. The Balaban J connectivity index is 2.10. The van der Waals surface area contributed by atoms with Gasteiger partial charge in [-0.05, 0) is 24.6 Å². The normalized spacial score (nSPS) is 21.3. The maximum Gasteiger partial charge on any atom is 0.253 e. The zero-order chi connectivity index (χ0) is 12.5. The molecule has 2 heterocycles. The van der Waals surface area contributed by atoms with Crippen molar-refractivity contribution in [1.29, 1.82) is 0 Å². The average Bonchev–Trinajstić information content (AvgIpc) is 2.39. The molecule has 1 aromatic carbocycles. The number of pyridine rings is 1. The molecule has 4 heteroatoms. The van der Waals surface area contributed by atoms with E-state index in [-0.39, 0.29) is 11.6 Å². The van der Waals surface area contributed by atoms with Gasteiger partial charge in [0.1, 0.15) is 0 Å². The minimum atomic E-state index is 0.0225. The van der Waals surface area contributed by atoms with Crippen LogP contribution >= 0.6 is 0 Å². The second-order valence-electron chi connectivity index (χ2n) is 4.84. The van der Waals surface area contributed by atoms with Gasteiger partial charge in [0.05, 0.1) is 6.04 Å². The number of piperazine rings is 1. The van der Waals surface area contributed by atoms with Crippen LogP contribution in [0, 0.1) is 0 Å². The van der Waals surface area contributed by atoms with Crippen LogP contribution in [0.25, 0.3) is 10.9 Å². The molecule has 0 bridgehead atoms. The SMILES string of the molecule is CN1CCNCC1c1cc2ccccc2[nH]c1=O. The lowest BCUT2D eigenvalue weighted by Crippen LogP contribution is -2.45. The molecule has 0 radical (unpaired) electrons. The molecular formula is C14H17N3O. The quantitative estimate of drug-likeness (QED) is 0.788. The van der Waals surface area contributed by atoms with E-state index in [1.165, 1.54) is 0 Å². The van der Waals surface area contributed by atoms with Crippen LogP contribution in [0.3, 0.4) is 0 Å². The molecule has 2 N–H and O–H groups in total. The van der Waals surface area contributed by atoms with E-state index in [1.807, 2.05) is 30.3 Å². The summed E-state index contributed by atoms with van der Waals surface area (Å²) >= 11 is 0. The van der Waals surface area contributed by atoms with Gasteiger partial charge in [0.25, 0.3) is 5.56 Å². The number of hydrogen-bond acceptors (Lipinski definition) is 3. The Morgan fingerprint density at radius 1 is 1.33 bits per heavy atom. The predicted octanol–water partition coefficient (Wildman–Crippen LogP) is 1.10. The molecule has 1 aliphatic heterocycles. The van der Waals surface area contributed by atoms with Gasteiger partial charge in [-0.2, -0.15) is 0 Å². The number of H-pyrrole nitrogens is 1. The van der Waals surface area contributed by atoms with Crippen molar-refractivity contribution >= 4 is 10.9 Å². The van der Waals surface area contributed by atoms with Crippen LogP contribution in [0.5, 0.6) is 0 Å². The molecule has 1 aromatic heterocycles. The highest BCUT2D eigenvalue weighted by Crippen LogP contribution is 2.20. The van der Waals surface area contributed by atoms with Crippen molar-refractivity contribution in [2.45, 2.75) is 6.04 Å². The van der Waals surface area contributed by atoms with Crippen LogP contribution in [0.4, 0.5) is 0 Å². The van der Waals surface area contributed by atoms with Crippen LogP contribution in [-0.2, 0) is 0 Å². The molecule has 1 unspecified atom stereocenters. The highest BCUT2D eigenvalue weighted by Gasteiger charge is 2.22. The lowest BCUT2D eigenvalue weighted by atomic mass is 10.0. The molecule has 18 heavy (non-hydrogen) atoms. The highest BCUT2D eigenvalue weighted by molar-refractivity contribution is 5.78. The van der Waals surface area contributed by atoms with Gasteiger partial charge in [0.15, 0.2) is 0 Å². The number of nitrogens with zero attached hydrogens (tertiary/aromatic N) is 1. The van der Waals surface area contributed by atoms with E-state index in [9.17, 15) is 4.79 Å². The van der Waals surface area contributed by atoms with Gasteiger partial charge in [-0.25, -0.2) is 0 Å². The Bertz CT molecular complexity index is 620. The Labute approximate surface area is 106 Å². The van der Waals surface area contributed by atoms with Crippen LogP contribution in [0.1, 0.15) is 11.6 Å². The first kappa shape index (κ1) is 11.4. The smallest absolute Gasteiger partial charge is 0.253 e. The molecule has 94 valence electrons. The monoisotopic (exact) mass is 243 g/mol. The third-order valence-corrected chi connectivity index (χ3v) is 3.65. The van der Waals surface area contributed by atoms with E-state index in [0.29, 0.717) is 0 Å². The number of benzene rings is 1. The fraction of sp³-hybridized carbons (Fsp3) is 0.357. The number of fused-ring (bicyclic) bond motifs is 1. The van der Waals surface area contributed by atoms with Gasteiger partial charge in [-0.15, -0.1) is 0 Å². The summed E-state index contributed by atoms with van der Waals surface area (Å²) in [7, 11) is 2.07. The van der Waals surface area contributed by atoms with E-state index < -0.39 is 0 Å². The van der Waals surface area contributed by atoms with E-state index in [1.54, 1.807) is 0 Å². The van der Waals surface area contributed by atoms with Crippen molar-refractivity contribution in [2.75, 3.05) is 26.7 Å². The van der Waals surface area contributed by atoms with Crippen molar-refractivity contribution in [3.63, 3.8) is 0 Å². The summed E-state index contributed by atoms with van der Waals surface area (Å²) in [5, 5.41) is 4.43. The summed E-state index contributed by atoms with van der Waals surface area (Å²) in [4.78, 5) is 17.4. The van der Waals surface area contributed by atoms with E-state index in [0.717, 1.165) is 36.1 Å². The molecule has 0 aliphatic carbocycles. The Kier molecular flexibility index (Phi) is 2.89. The number of likely N-dealkylation sites (N-methyl/N-ethyl adjacent to an activating group) is 1. The minimum Gasteiger partial charge on any atom is -0.322 e. The average molecular weight is 243 g/mol. The Morgan fingerprint density at radius 3 is 3.00 bits per heavy atom. The number of para-hydroxylation sites is 1. The summed E-state index contributed by atoms with van der Waals surface area (Å²) < 4.78 is 0. The standard InChI is InChI=1S/C14H17N3O/c1-17-7-6-15-9-13(17)11-8-10-4-2-3-5-12(10)16-14(11)18/h2-5,8,13,15H,6-7,9H2,1H3,(H,16,18). The molecule has 3 rings (SSSR count). The predicted molar refractivity (Wildman–Crippen MR) is 72.8 cm³/mol. The Hall–Kier alpha value is -1.65. The van der Waals surface area contributed by atoms with E-state index >= 15 is 0 Å². The van der Waals surface area contributed by atoms with Gasteiger partial charge in [-0.1, -0.05) is 18.2 Å². The first-order chi connectivity index (χ1) is 8.75. The molecule has 1 aliphatic rings. The van der Waals surface area contributed by atoms with Crippen LogP contribution < -0.4 is 10.9 Å². The molecule has 1 atom stereocenters. The number of hydrogen-bond donors (Lipinski definition) is 2. The van der Waals surface area contributed by atoms with Crippen molar-refractivity contribution in [1.82, 2.24) is 15.2 Å². The van der Waals surface area contributed by atoms with Crippen molar-refractivity contribution in [3.8, 4) is 0 Å². The number of aromatic amines is 1. The van der Waals surface area contributed by atoms with Crippen LogP contribution in [0.2, 0.25) is 0 Å². The topological polar surface area (TPSA) is 48.1 Å². The number of nitrogens with one attached hydrogen (secondary N) is 2. The third kappa shape index (κ3) is 1.94. The molecular weight excluding hydrogens is 226 g/mol. The van der Waals surface area contributed by atoms with Gasteiger partial charge < -0.3 is 10.3 Å². The molecule has 1 saturated heterocycles. The van der Waals surface area contributed by atoms with Gasteiger partial charge in [-0.3, -0.25) is 9.69 Å². The van der Waals surface area contributed by atoms with Crippen LogP contribution in [-0.4, -0.2) is 36.6 Å². The summed E-state index contributed by atoms with van der Waals surface area (Å²) in [6, 6.07) is 10.1. The molecule has 0 amide bonds. The van der Waals surface area contributed by atoms with Gasteiger partial charge >= 0.3 is 0 Å². The first-order valence-corrected chi connectivity index (χ1v) is 6.28. The number of rotatable bonds is 1. The zero-order valence-corrected chi connectivity index (χ0v) is 10.4. The maximum atomic E-state index is 12.2. The Morgan fingerprint density at radius 2 is 2.17 bits per heavy atom. The van der Waals surface area contributed by atoms with Crippen molar-refractivity contribution < 1.29 is 0 Å². The molecule has 0 spiro atoms. The zero-order valence-electron chi connectivity index (χ0n) is 10.4. The second-order valence-corrected chi connectivity index (χ2v) is 4.84. The second kappa shape index (κ2) is 4.55. The van der Waals surface area contributed by atoms with Crippen LogP contribution in [0.15, 0.2) is 35.1 Å².